The van der Waals surface area contributed by atoms with Crippen molar-refractivity contribution in [3.05, 3.63) is 23.2 Å². The van der Waals surface area contributed by atoms with Crippen LogP contribution in [0.4, 0.5) is 5.13 Å². The molecule has 1 aromatic heterocycles. The van der Waals surface area contributed by atoms with Gasteiger partial charge in [0, 0.05) is 5.02 Å². The number of carbonyl (C=O) groups is 1. The molecule has 0 radical (unpaired) electrons. The molecule has 106 valence electrons. The largest absolute Gasteiger partial charge is 0.363 e. The average molecular weight is 311 g/mol. The summed E-state index contributed by atoms with van der Waals surface area (Å²) < 4.78 is 6.72. The molecule has 1 saturated heterocycles. The van der Waals surface area contributed by atoms with Crippen molar-refractivity contribution in [1.82, 2.24) is 4.98 Å². The van der Waals surface area contributed by atoms with E-state index in [9.17, 15) is 4.79 Å². The summed E-state index contributed by atoms with van der Waals surface area (Å²) in [7, 11) is 0. The lowest BCUT2D eigenvalue weighted by Gasteiger charge is -2.18. The normalized spacial score (nSPS) is 21.2. The van der Waals surface area contributed by atoms with E-state index in [0.29, 0.717) is 10.2 Å². The number of hydrogen-bond donors (Lipinski definition) is 1. The Morgan fingerprint density at radius 1 is 1.55 bits per heavy atom. The van der Waals surface area contributed by atoms with Gasteiger partial charge in [-0.05, 0) is 44.9 Å². The zero-order chi connectivity index (χ0) is 14.3. The molecule has 3 rings (SSSR count). The highest BCUT2D eigenvalue weighted by molar-refractivity contribution is 7.22. The minimum absolute atomic E-state index is 0.124. The second kappa shape index (κ2) is 4.98. The van der Waals surface area contributed by atoms with E-state index in [1.807, 2.05) is 26.0 Å². The van der Waals surface area contributed by atoms with Crippen LogP contribution in [0.25, 0.3) is 10.2 Å². The molecule has 1 fully saturated rings. The molecule has 0 bridgehead atoms. The molecule has 4 nitrogen and oxygen atoms in total. The summed E-state index contributed by atoms with van der Waals surface area (Å²) in [6.07, 6.45) is 1.25. The number of amides is 1. The first-order valence-electron chi connectivity index (χ1n) is 6.48. The zero-order valence-corrected chi connectivity index (χ0v) is 12.8. The predicted molar refractivity (Wildman–Crippen MR) is 81.4 cm³/mol. The van der Waals surface area contributed by atoms with Gasteiger partial charge in [0.05, 0.1) is 15.8 Å². The molecule has 1 atom stereocenters. The van der Waals surface area contributed by atoms with Crippen LogP contribution in [0.15, 0.2) is 18.2 Å². The van der Waals surface area contributed by atoms with E-state index in [0.717, 1.165) is 23.1 Å². The number of nitrogens with one attached hydrogen (secondary N) is 1. The fourth-order valence-electron chi connectivity index (χ4n) is 2.31. The maximum Gasteiger partial charge on any atom is 0.255 e. The molecule has 0 saturated carbocycles. The van der Waals surface area contributed by atoms with Crippen LogP contribution < -0.4 is 5.32 Å². The summed E-state index contributed by atoms with van der Waals surface area (Å²) >= 11 is 7.36. The second-order valence-electron chi connectivity index (χ2n) is 5.53. The van der Waals surface area contributed by atoms with Gasteiger partial charge in [0.15, 0.2) is 5.13 Å². The van der Waals surface area contributed by atoms with Gasteiger partial charge in [-0.2, -0.15) is 0 Å². The van der Waals surface area contributed by atoms with Gasteiger partial charge < -0.3 is 4.74 Å². The minimum Gasteiger partial charge on any atom is -0.363 e. The van der Waals surface area contributed by atoms with Crippen LogP contribution in [0, 0.1) is 0 Å². The summed E-state index contributed by atoms with van der Waals surface area (Å²) in [5.41, 5.74) is 0.578. The van der Waals surface area contributed by atoms with E-state index in [2.05, 4.69) is 10.3 Å². The summed E-state index contributed by atoms with van der Waals surface area (Å²) in [6, 6.07) is 5.51. The number of anilines is 1. The second-order valence-corrected chi connectivity index (χ2v) is 6.99. The third kappa shape index (κ3) is 2.80. The topological polar surface area (TPSA) is 51.2 Å². The number of rotatable bonds is 2. The molecule has 1 N–H and O–H groups in total. The molecule has 0 spiro atoms. The van der Waals surface area contributed by atoms with Gasteiger partial charge in [-0.15, -0.1) is 0 Å². The van der Waals surface area contributed by atoms with Gasteiger partial charge in [0.25, 0.3) is 5.91 Å². The lowest BCUT2D eigenvalue weighted by molar-refractivity contribution is -0.129. The molecule has 1 aliphatic heterocycles. The quantitative estimate of drug-likeness (QED) is 0.916. The van der Waals surface area contributed by atoms with E-state index >= 15 is 0 Å². The summed E-state index contributed by atoms with van der Waals surface area (Å²) in [5.74, 6) is -0.124. The van der Waals surface area contributed by atoms with Crippen LogP contribution in [0.3, 0.4) is 0 Å². The fourth-order valence-corrected chi connectivity index (χ4v) is 3.32. The number of benzene rings is 1. The number of hydrogen-bond acceptors (Lipinski definition) is 4. The molecule has 0 aliphatic carbocycles. The molecule has 2 heterocycles. The maximum atomic E-state index is 12.2. The van der Waals surface area contributed by atoms with E-state index < -0.39 is 0 Å². The smallest absolute Gasteiger partial charge is 0.255 e. The van der Waals surface area contributed by atoms with Crippen molar-refractivity contribution in [3.8, 4) is 0 Å². The first-order chi connectivity index (χ1) is 9.43. The van der Waals surface area contributed by atoms with Crippen LogP contribution in [0.1, 0.15) is 26.7 Å². The van der Waals surface area contributed by atoms with Crippen molar-refractivity contribution in [2.24, 2.45) is 0 Å². The number of fused-ring (bicyclic) bond motifs is 1. The van der Waals surface area contributed by atoms with E-state index in [1.54, 1.807) is 6.07 Å². The Hall–Kier alpha value is -1.17. The molecular weight excluding hydrogens is 296 g/mol. The maximum absolute atomic E-state index is 12.2. The van der Waals surface area contributed by atoms with Gasteiger partial charge in [-0.1, -0.05) is 22.9 Å². The Morgan fingerprint density at radius 2 is 2.35 bits per heavy atom. The number of carbonyl (C=O) groups excluding carboxylic acids is 1. The Morgan fingerprint density at radius 3 is 3.05 bits per heavy atom. The number of ether oxygens (including phenoxy) is 1. The van der Waals surface area contributed by atoms with Gasteiger partial charge >= 0.3 is 0 Å². The van der Waals surface area contributed by atoms with Crippen molar-refractivity contribution in [1.29, 1.82) is 0 Å². The minimum atomic E-state index is -0.388. The van der Waals surface area contributed by atoms with E-state index in [-0.39, 0.29) is 17.6 Å². The standard InChI is InChI=1S/C14H15ClN2O2S/c1-14(2)6-5-10(19-14)12(18)17-13-16-9-7-8(15)3-4-11(9)20-13/h3-4,7,10H,5-6H2,1-2H3,(H,16,17,18). The van der Waals surface area contributed by atoms with Crippen molar-refractivity contribution in [2.75, 3.05) is 5.32 Å². The number of nitrogens with zero attached hydrogens (tertiary/aromatic N) is 1. The highest BCUT2D eigenvalue weighted by atomic mass is 35.5. The van der Waals surface area contributed by atoms with Crippen LogP contribution >= 0.6 is 22.9 Å². The Labute approximate surface area is 126 Å². The molecule has 1 aliphatic rings. The summed E-state index contributed by atoms with van der Waals surface area (Å²) in [4.78, 5) is 16.5. The SMILES string of the molecule is CC1(C)CCC(C(=O)Nc2nc3cc(Cl)ccc3s2)O1. The number of aromatic nitrogens is 1. The molecule has 6 heteroatoms. The van der Waals surface area contributed by atoms with Gasteiger partial charge in [0.1, 0.15) is 6.10 Å². The van der Waals surface area contributed by atoms with Crippen LogP contribution in [0.5, 0.6) is 0 Å². The molecule has 20 heavy (non-hydrogen) atoms. The first kappa shape index (κ1) is 13.8. The number of halogens is 1. The lowest BCUT2D eigenvalue weighted by Crippen LogP contribution is -2.30. The first-order valence-corrected chi connectivity index (χ1v) is 7.67. The molecule has 1 aromatic carbocycles. The Kier molecular flexibility index (Phi) is 3.44. The Balaban J connectivity index is 1.74. The number of thiazole rings is 1. The van der Waals surface area contributed by atoms with Crippen molar-refractivity contribution < 1.29 is 9.53 Å². The summed E-state index contributed by atoms with van der Waals surface area (Å²) in [6.45, 7) is 4.00. The van der Waals surface area contributed by atoms with Crippen LogP contribution in [-0.2, 0) is 9.53 Å². The molecule has 2 aromatic rings. The van der Waals surface area contributed by atoms with Crippen LogP contribution in [0.2, 0.25) is 5.02 Å². The highest BCUT2D eigenvalue weighted by Crippen LogP contribution is 2.31. The van der Waals surface area contributed by atoms with Crippen molar-refractivity contribution >= 4 is 44.2 Å². The fraction of sp³-hybridized carbons (Fsp3) is 0.429. The lowest BCUT2D eigenvalue weighted by atomic mass is 10.1. The van der Waals surface area contributed by atoms with E-state index in [1.165, 1.54) is 11.3 Å². The molecule has 1 unspecified atom stereocenters. The van der Waals surface area contributed by atoms with Gasteiger partial charge in [-0.3, -0.25) is 10.1 Å². The van der Waals surface area contributed by atoms with Gasteiger partial charge in [-0.25, -0.2) is 4.98 Å². The zero-order valence-electron chi connectivity index (χ0n) is 11.3. The van der Waals surface area contributed by atoms with E-state index in [4.69, 9.17) is 16.3 Å². The third-order valence-electron chi connectivity index (χ3n) is 3.34. The highest BCUT2D eigenvalue weighted by Gasteiger charge is 2.36. The van der Waals surface area contributed by atoms with Crippen molar-refractivity contribution in [2.45, 2.75) is 38.4 Å². The van der Waals surface area contributed by atoms with Gasteiger partial charge in [0.2, 0.25) is 0 Å². The average Bonchev–Trinajstić information content (AvgIpc) is 2.91. The van der Waals surface area contributed by atoms with Crippen molar-refractivity contribution in [3.63, 3.8) is 0 Å². The predicted octanol–water partition coefficient (Wildman–Crippen LogP) is 3.85. The summed E-state index contributed by atoms with van der Waals surface area (Å²) in [5, 5.41) is 4.06. The third-order valence-corrected chi connectivity index (χ3v) is 4.53. The monoisotopic (exact) mass is 310 g/mol. The Bertz CT molecular complexity index is 668. The van der Waals surface area contributed by atoms with Crippen LogP contribution in [-0.4, -0.2) is 22.6 Å². The molecular formula is C14H15ClN2O2S. The molecule has 1 amide bonds.